The Balaban J connectivity index is 1.19. The Morgan fingerprint density at radius 2 is 1.00 bits per heavy atom. The normalized spacial score (nSPS) is 12.1. The lowest BCUT2D eigenvalue weighted by Gasteiger charge is -2.11. The van der Waals surface area contributed by atoms with Gasteiger partial charge in [0.15, 0.2) is 0 Å². The number of aromatic nitrogens is 2. The quantitative estimate of drug-likeness (QED) is 0.192. The van der Waals surface area contributed by atoms with E-state index in [0.29, 0.717) is 0 Å². The fraction of sp³-hybridized carbons (Fsp3) is 0. The molecule has 0 spiro atoms. The fourth-order valence-corrected chi connectivity index (χ4v) is 8.26. The fourth-order valence-electron chi connectivity index (χ4n) is 8.26. The van der Waals surface area contributed by atoms with Crippen molar-refractivity contribution in [3.8, 4) is 22.5 Å². The Morgan fingerprint density at radius 1 is 0.347 bits per heavy atom. The average Bonchev–Trinajstić information content (AvgIpc) is 3.83. The zero-order valence-electron chi connectivity index (χ0n) is 26.5. The highest BCUT2D eigenvalue weighted by Gasteiger charge is 2.22. The van der Waals surface area contributed by atoms with Crippen LogP contribution in [0.5, 0.6) is 0 Å². The van der Waals surface area contributed by atoms with Crippen molar-refractivity contribution in [2.24, 2.45) is 0 Å². The maximum atomic E-state index is 6.21. The van der Waals surface area contributed by atoms with Gasteiger partial charge in [-0.3, -0.25) is 0 Å². The molecule has 0 aliphatic carbocycles. The zero-order chi connectivity index (χ0) is 32.1. The predicted molar refractivity (Wildman–Crippen MR) is 205 cm³/mol. The second kappa shape index (κ2) is 9.96. The maximum absolute atomic E-state index is 6.21. The van der Waals surface area contributed by atoms with E-state index in [1.807, 2.05) is 12.1 Å². The van der Waals surface area contributed by atoms with Crippen molar-refractivity contribution < 1.29 is 4.42 Å². The summed E-state index contributed by atoms with van der Waals surface area (Å²) in [4.78, 5) is 0. The molecule has 3 heterocycles. The van der Waals surface area contributed by atoms with E-state index < -0.39 is 0 Å². The predicted octanol–water partition coefficient (Wildman–Crippen LogP) is 12.6. The lowest BCUT2D eigenvalue weighted by atomic mass is 9.99. The summed E-state index contributed by atoms with van der Waals surface area (Å²) in [7, 11) is 0. The summed E-state index contributed by atoms with van der Waals surface area (Å²) >= 11 is 0. The van der Waals surface area contributed by atoms with Crippen LogP contribution in [0.4, 0.5) is 0 Å². The van der Waals surface area contributed by atoms with Gasteiger partial charge in [0.2, 0.25) is 0 Å². The third-order valence-electron chi connectivity index (χ3n) is 10.3. The number of para-hydroxylation sites is 3. The molecule has 8 aromatic carbocycles. The number of furan rings is 1. The molecule has 11 aromatic rings. The van der Waals surface area contributed by atoms with Gasteiger partial charge in [-0.25, -0.2) is 0 Å². The van der Waals surface area contributed by atoms with E-state index >= 15 is 0 Å². The van der Waals surface area contributed by atoms with Crippen molar-refractivity contribution in [3.05, 3.63) is 170 Å². The SMILES string of the molecule is c1ccc(-n2c3ccc4c(c5ccccc5n4-c4ccc(-c5cccc6oc7ccccc7c56)cc4)c3c3ccc4ccccc4c32)cc1. The molecular formula is C46H28N2O. The van der Waals surface area contributed by atoms with Crippen molar-refractivity contribution in [1.82, 2.24) is 9.13 Å². The van der Waals surface area contributed by atoms with Crippen LogP contribution in [-0.4, -0.2) is 9.13 Å². The van der Waals surface area contributed by atoms with E-state index in [0.717, 1.165) is 33.3 Å². The number of hydrogen-bond acceptors (Lipinski definition) is 1. The molecule has 0 amide bonds. The summed E-state index contributed by atoms with van der Waals surface area (Å²) in [6, 6.07) is 61.2. The number of fused-ring (bicyclic) bond motifs is 12. The van der Waals surface area contributed by atoms with Gasteiger partial charge in [-0.2, -0.15) is 0 Å². The summed E-state index contributed by atoms with van der Waals surface area (Å²) < 4.78 is 11.1. The first-order valence-electron chi connectivity index (χ1n) is 16.8. The topological polar surface area (TPSA) is 23.0 Å². The molecule has 0 bridgehead atoms. The number of hydrogen-bond donors (Lipinski definition) is 0. The minimum atomic E-state index is 0.914. The van der Waals surface area contributed by atoms with Crippen molar-refractivity contribution in [2.45, 2.75) is 0 Å². The molecular weight excluding hydrogens is 597 g/mol. The molecule has 0 saturated heterocycles. The van der Waals surface area contributed by atoms with Crippen LogP contribution < -0.4 is 0 Å². The Morgan fingerprint density at radius 3 is 1.86 bits per heavy atom. The van der Waals surface area contributed by atoms with Gasteiger partial charge in [-0.05, 0) is 71.1 Å². The molecule has 11 rings (SSSR count). The average molecular weight is 625 g/mol. The Kier molecular flexibility index (Phi) is 5.38. The Bertz CT molecular complexity index is 3090. The molecule has 0 aliphatic rings. The molecule has 0 N–H and O–H groups in total. The van der Waals surface area contributed by atoms with Gasteiger partial charge < -0.3 is 13.6 Å². The number of benzene rings is 8. The molecule has 0 atom stereocenters. The van der Waals surface area contributed by atoms with Crippen LogP contribution in [0.15, 0.2) is 174 Å². The summed E-state index contributed by atoms with van der Waals surface area (Å²) in [5.74, 6) is 0. The first-order chi connectivity index (χ1) is 24.3. The van der Waals surface area contributed by atoms with Gasteiger partial charge >= 0.3 is 0 Å². The lowest BCUT2D eigenvalue weighted by molar-refractivity contribution is 0.669. The van der Waals surface area contributed by atoms with Gasteiger partial charge in [0, 0.05) is 49.1 Å². The van der Waals surface area contributed by atoms with Gasteiger partial charge in [0.1, 0.15) is 11.2 Å². The number of nitrogens with zero attached hydrogens (tertiary/aromatic N) is 2. The molecule has 0 aliphatic heterocycles. The first-order valence-corrected chi connectivity index (χ1v) is 16.8. The summed E-state index contributed by atoms with van der Waals surface area (Å²) in [5.41, 5.74) is 11.3. The third-order valence-corrected chi connectivity index (χ3v) is 10.3. The first kappa shape index (κ1) is 26.5. The summed E-state index contributed by atoms with van der Waals surface area (Å²) in [6.45, 7) is 0. The number of rotatable bonds is 3. The third kappa shape index (κ3) is 3.67. The minimum Gasteiger partial charge on any atom is -0.456 e. The second-order valence-corrected chi connectivity index (χ2v) is 12.9. The largest absolute Gasteiger partial charge is 0.456 e. The van der Waals surface area contributed by atoms with E-state index in [1.165, 1.54) is 65.5 Å². The van der Waals surface area contributed by atoms with Gasteiger partial charge in [0.25, 0.3) is 0 Å². The highest BCUT2D eigenvalue weighted by Crippen LogP contribution is 2.44. The van der Waals surface area contributed by atoms with E-state index in [9.17, 15) is 0 Å². The van der Waals surface area contributed by atoms with Gasteiger partial charge in [0.05, 0.1) is 22.1 Å². The highest BCUT2D eigenvalue weighted by molar-refractivity contribution is 6.31. The molecule has 0 unspecified atom stereocenters. The molecule has 0 fully saturated rings. The molecule has 0 saturated carbocycles. The Labute approximate surface area is 281 Å². The minimum absolute atomic E-state index is 0.914. The van der Waals surface area contributed by atoms with Crippen molar-refractivity contribution in [2.75, 3.05) is 0 Å². The van der Waals surface area contributed by atoms with E-state index in [-0.39, 0.29) is 0 Å². The maximum Gasteiger partial charge on any atom is 0.136 e. The van der Waals surface area contributed by atoms with Crippen LogP contribution >= 0.6 is 0 Å². The molecule has 3 heteroatoms. The molecule has 49 heavy (non-hydrogen) atoms. The molecule has 228 valence electrons. The smallest absolute Gasteiger partial charge is 0.136 e. The van der Waals surface area contributed by atoms with E-state index in [4.69, 9.17) is 4.42 Å². The van der Waals surface area contributed by atoms with Crippen molar-refractivity contribution in [3.63, 3.8) is 0 Å². The standard InChI is InChI=1S/C46H28N2O/c1-2-12-31(13-3-1)48-40-28-27-39-44(45(40)37-26-23-29-11-4-5-14-34(29)46(37)48)35-15-6-8-18-38(35)47(39)32-24-21-30(22-25-32)33-17-10-20-42-43(33)36-16-7-9-19-41(36)49-42/h1-28H. The van der Waals surface area contributed by atoms with Crippen molar-refractivity contribution in [1.29, 1.82) is 0 Å². The van der Waals surface area contributed by atoms with Gasteiger partial charge in [-0.15, -0.1) is 0 Å². The highest BCUT2D eigenvalue weighted by atomic mass is 16.3. The van der Waals surface area contributed by atoms with Crippen LogP contribution in [0.3, 0.4) is 0 Å². The van der Waals surface area contributed by atoms with Crippen LogP contribution in [0.2, 0.25) is 0 Å². The summed E-state index contributed by atoms with van der Waals surface area (Å²) in [5, 5.41) is 9.89. The lowest BCUT2D eigenvalue weighted by Crippen LogP contribution is -1.95. The zero-order valence-corrected chi connectivity index (χ0v) is 26.5. The Hall–Kier alpha value is -6.58. The summed E-state index contributed by atoms with van der Waals surface area (Å²) in [6.07, 6.45) is 0. The van der Waals surface area contributed by atoms with E-state index in [1.54, 1.807) is 0 Å². The van der Waals surface area contributed by atoms with Crippen LogP contribution in [0.1, 0.15) is 0 Å². The van der Waals surface area contributed by atoms with Crippen LogP contribution in [0.25, 0.3) is 98.8 Å². The molecule has 3 nitrogen and oxygen atoms in total. The van der Waals surface area contributed by atoms with E-state index in [2.05, 4.69) is 167 Å². The van der Waals surface area contributed by atoms with Gasteiger partial charge in [-0.1, -0.05) is 115 Å². The monoisotopic (exact) mass is 624 g/mol. The molecule has 3 aromatic heterocycles. The van der Waals surface area contributed by atoms with Crippen molar-refractivity contribution >= 4 is 76.3 Å². The van der Waals surface area contributed by atoms with Crippen LogP contribution in [-0.2, 0) is 0 Å². The van der Waals surface area contributed by atoms with Crippen LogP contribution in [0, 0.1) is 0 Å². The second-order valence-electron chi connectivity index (χ2n) is 12.9. The molecule has 0 radical (unpaired) electrons.